The molecule has 1 heterocycles. The zero-order valence-electron chi connectivity index (χ0n) is 16.6. The van der Waals surface area contributed by atoms with Crippen LogP contribution in [0.15, 0.2) is 60.9 Å². The maximum atomic E-state index is 13.0. The highest BCUT2D eigenvalue weighted by Crippen LogP contribution is 2.39. The number of benzene rings is 2. The van der Waals surface area contributed by atoms with Gasteiger partial charge in [-0.2, -0.15) is 5.26 Å². The molecule has 5 heteroatoms. The first-order valence-electron chi connectivity index (χ1n) is 9.45. The molecule has 1 N–H and O–H groups in total. The van der Waals surface area contributed by atoms with E-state index in [1.54, 1.807) is 6.20 Å². The van der Waals surface area contributed by atoms with Crippen LogP contribution < -0.4 is 0 Å². The summed E-state index contributed by atoms with van der Waals surface area (Å²) in [7, 11) is 0. The molecule has 0 saturated heterocycles. The molecule has 0 aliphatic heterocycles. The van der Waals surface area contributed by atoms with Gasteiger partial charge in [-0.15, -0.1) is 0 Å². The Morgan fingerprint density at radius 1 is 1.07 bits per heavy atom. The van der Waals surface area contributed by atoms with Gasteiger partial charge in [-0.05, 0) is 44.7 Å². The molecule has 0 bridgehead atoms. The van der Waals surface area contributed by atoms with Crippen LogP contribution in [0.2, 0.25) is 0 Å². The molecule has 0 unspecified atom stereocenters. The summed E-state index contributed by atoms with van der Waals surface area (Å²) in [5.74, 6) is 0.271. The number of imidazole rings is 1. The largest absolute Gasteiger partial charge is 0.356 e. The zero-order valence-corrected chi connectivity index (χ0v) is 16.6. The average Bonchev–Trinajstić information content (AvgIpc) is 3.09. The minimum absolute atomic E-state index is 0.497. The van der Waals surface area contributed by atoms with E-state index in [-0.39, 0.29) is 0 Å². The van der Waals surface area contributed by atoms with Crippen molar-refractivity contribution >= 4 is 5.97 Å². The Labute approximate surface area is 165 Å². The highest BCUT2D eigenvalue weighted by Gasteiger charge is 2.44. The SMILES string of the molecule is Cc1cccc(C(CCCn2ccnc2C)(C(=O)OO)c2cccc(C)c2)c1. The topological polar surface area (TPSA) is 64.4 Å². The van der Waals surface area contributed by atoms with E-state index in [1.165, 1.54) is 0 Å². The number of aryl methyl sites for hydroxylation is 4. The van der Waals surface area contributed by atoms with Gasteiger partial charge in [0, 0.05) is 18.9 Å². The Morgan fingerprint density at radius 2 is 1.68 bits per heavy atom. The smallest absolute Gasteiger partial charge is 0.335 e. The summed E-state index contributed by atoms with van der Waals surface area (Å²) in [5.41, 5.74) is 2.65. The third kappa shape index (κ3) is 3.85. The Hall–Kier alpha value is -2.92. The van der Waals surface area contributed by atoms with Gasteiger partial charge in [0.05, 0.1) is 0 Å². The summed E-state index contributed by atoms with van der Waals surface area (Å²) >= 11 is 0. The third-order valence-corrected chi connectivity index (χ3v) is 5.33. The van der Waals surface area contributed by atoms with E-state index in [4.69, 9.17) is 0 Å². The molecular formula is C23H26N2O3. The molecular weight excluding hydrogens is 352 g/mol. The third-order valence-electron chi connectivity index (χ3n) is 5.33. The van der Waals surface area contributed by atoms with Crippen LogP contribution in [0.1, 0.15) is 40.9 Å². The summed E-state index contributed by atoms with van der Waals surface area (Å²) in [6, 6.07) is 15.7. The molecule has 0 aliphatic rings. The van der Waals surface area contributed by atoms with Gasteiger partial charge in [0.2, 0.25) is 0 Å². The summed E-state index contributed by atoms with van der Waals surface area (Å²) in [5, 5.41) is 9.39. The van der Waals surface area contributed by atoms with Crippen molar-refractivity contribution in [1.29, 1.82) is 0 Å². The van der Waals surface area contributed by atoms with E-state index < -0.39 is 11.4 Å². The number of hydrogen-bond acceptors (Lipinski definition) is 4. The van der Waals surface area contributed by atoms with Crippen molar-refractivity contribution in [3.05, 3.63) is 89.0 Å². The van der Waals surface area contributed by atoms with Gasteiger partial charge in [-0.3, -0.25) is 4.89 Å². The minimum Gasteiger partial charge on any atom is -0.335 e. The van der Waals surface area contributed by atoms with Crippen LogP contribution in [0.4, 0.5) is 0 Å². The van der Waals surface area contributed by atoms with Crippen molar-refractivity contribution in [3.63, 3.8) is 0 Å². The Kier molecular flexibility index (Phi) is 5.95. The predicted molar refractivity (Wildman–Crippen MR) is 108 cm³/mol. The molecule has 0 fully saturated rings. The molecule has 3 aromatic rings. The summed E-state index contributed by atoms with van der Waals surface area (Å²) in [4.78, 5) is 21.6. The molecule has 146 valence electrons. The quantitative estimate of drug-likeness (QED) is 0.482. The van der Waals surface area contributed by atoms with E-state index in [2.05, 4.69) is 14.4 Å². The number of carbonyl (C=O) groups excluding carboxylic acids is 1. The van der Waals surface area contributed by atoms with Crippen LogP contribution >= 0.6 is 0 Å². The van der Waals surface area contributed by atoms with E-state index >= 15 is 0 Å². The Bertz CT molecular complexity index is 916. The molecule has 0 saturated carbocycles. The van der Waals surface area contributed by atoms with Crippen molar-refractivity contribution in [2.45, 2.75) is 45.6 Å². The van der Waals surface area contributed by atoms with Crippen LogP contribution in [0.3, 0.4) is 0 Å². The van der Waals surface area contributed by atoms with Crippen molar-refractivity contribution in [2.75, 3.05) is 0 Å². The number of aromatic nitrogens is 2. The van der Waals surface area contributed by atoms with Crippen molar-refractivity contribution < 1.29 is 14.9 Å². The van der Waals surface area contributed by atoms with E-state index in [9.17, 15) is 10.1 Å². The summed E-state index contributed by atoms with van der Waals surface area (Å²) in [6.45, 7) is 6.66. The van der Waals surface area contributed by atoms with Gasteiger partial charge in [0.1, 0.15) is 11.2 Å². The van der Waals surface area contributed by atoms with Gasteiger partial charge in [-0.1, -0.05) is 59.7 Å². The lowest BCUT2D eigenvalue weighted by Gasteiger charge is -2.32. The normalized spacial score (nSPS) is 11.4. The van der Waals surface area contributed by atoms with Crippen LogP contribution in [0, 0.1) is 20.8 Å². The van der Waals surface area contributed by atoms with Crippen molar-refractivity contribution in [1.82, 2.24) is 9.55 Å². The first kappa shape index (κ1) is 19.8. The highest BCUT2D eigenvalue weighted by molar-refractivity contribution is 5.87. The van der Waals surface area contributed by atoms with Crippen molar-refractivity contribution in [2.24, 2.45) is 0 Å². The lowest BCUT2D eigenvalue weighted by atomic mass is 9.70. The second kappa shape index (κ2) is 8.40. The molecule has 0 aliphatic carbocycles. The fraction of sp³-hybridized carbons (Fsp3) is 0.304. The Balaban J connectivity index is 2.07. The zero-order chi connectivity index (χ0) is 20.1. The van der Waals surface area contributed by atoms with Gasteiger partial charge < -0.3 is 4.57 Å². The van der Waals surface area contributed by atoms with Gasteiger partial charge in [-0.25, -0.2) is 9.78 Å². The van der Waals surface area contributed by atoms with Crippen LogP contribution in [0.5, 0.6) is 0 Å². The molecule has 0 spiro atoms. The molecule has 0 amide bonds. The second-order valence-electron chi connectivity index (χ2n) is 7.29. The summed E-state index contributed by atoms with van der Waals surface area (Å²) in [6.07, 6.45) is 4.91. The number of carbonyl (C=O) groups is 1. The van der Waals surface area contributed by atoms with Gasteiger partial charge in [0.25, 0.3) is 0 Å². The van der Waals surface area contributed by atoms with Crippen LogP contribution in [0.25, 0.3) is 0 Å². The molecule has 1 aromatic heterocycles. The minimum atomic E-state index is -1.08. The number of nitrogens with zero attached hydrogens (tertiary/aromatic N) is 2. The standard InChI is InChI=1S/C23H26N2O3/c1-17-7-4-9-20(15-17)23(22(26)28-27,21-10-5-8-18(2)16-21)11-6-13-25-14-12-24-19(25)3/h4-5,7-10,12,14-16,27H,6,11,13H2,1-3H3. The lowest BCUT2D eigenvalue weighted by Crippen LogP contribution is -2.39. The first-order valence-corrected chi connectivity index (χ1v) is 9.45. The second-order valence-corrected chi connectivity index (χ2v) is 7.29. The molecule has 5 nitrogen and oxygen atoms in total. The first-order chi connectivity index (χ1) is 13.5. The maximum Gasteiger partial charge on any atom is 0.356 e. The molecule has 3 rings (SSSR count). The monoisotopic (exact) mass is 378 g/mol. The molecule has 28 heavy (non-hydrogen) atoms. The molecule has 2 aromatic carbocycles. The number of hydrogen-bond donors (Lipinski definition) is 1. The lowest BCUT2D eigenvalue weighted by molar-refractivity contribution is -0.239. The van der Waals surface area contributed by atoms with Gasteiger partial charge in [0.15, 0.2) is 0 Å². The average molecular weight is 378 g/mol. The highest BCUT2D eigenvalue weighted by atomic mass is 17.1. The maximum absolute atomic E-state index is 13.0. The van der Waals surface area contributed by atoms with Crippen molar-refractivity contribution in [3.8, 4) is 0 Å². The van der Waals surface area contributed by atoms with E-state index in [0.29, 0.717) is 12.8 Å². The van der Waals surface area contributed by atoms with E-state index in [1.807, 2.05) is 75.5 Å². The van der Waals surface area contributed by atoms with Gasteiger partial charge >= 0.3 is 5.97 Å². The van der Waals surface area contributed by atoms with Crippen LogP contribution in [-0.4, -0.2) is 20.8 Å². The number of rotatable bonds is 7. The Morgan fingerprint density at radius 3 is 2.14 bits per heavy atom. The van der Waals surface area contributed by atoms with Crippen LogP contribution in [-0.2, 0) is 21.6 Å². The molecule has 0 atom stereocenters. The summed E-state index contributed by atoms with van der Waals surface area (Å²) < 4.78 is 2.06. The predicted octanol–water partition coefficient (Wildman–Crippen LogP) is 4.59. The van der Waals surface area contributed by atoms with E-state index in [0.717, 1.165) is 34.6 Å². The fourth-order valence-corrected chi connectivity index (χ4v) is 3.85. The molecule has 0 radical (unpaired) electrons. The fourth-order valence-electron chi connectivity index (χ4n) is 3.85.